The van der Waals surface area contributed by atoms with Crippen LogP contribution >= 0.6 is 69.6 Å². The molecular weight excluding hydrogens is 652 g/mol. The second-order valence-corrected chi connectivity index (χ2v) is 9.00. The maximum absolute atomic E-state index is 12.1. The van der Waals surface area contributed by atoms with E-state index in [1.807, 2.05) is 0 Å². The third-order valence-electron chi connectivity index (χ3n) is 4.22. The van der Waals surface area contributed by atoms with Crippen molar-refractivity contribution in [1.82, 2.24) is 19.9 Å². The van der Waals surface area contributed by atoms with Crippen molar-refractivity contribution < 1.29 is 32.4 Å². The second kappa shape index (κ2) is 15.5. The van der Waals surface area contributed by atoms with Gasteiger partial charge in [0.15, 0.2) is 10.3 Å². The molecule has 0 spiro atoms. The van der Waals surface area contributed by atoms with Gasteiger partial charge in [-0.2, -0.15) is 0 Å². The SMILES string of the molecule is O=C(c1ccccc1Cl)c1ncc(Cl)nc1Cl.OC(c1ccccc1Cl)c1ncc(Cl)nc1Cl.[O]=[Mn]=[O]. The van der Waals surface area contributed by atoms with Crippen molar-refractivity contribution in [2.24, 2.45) is 0 Å². The van der Waals surface area contributed by atoms with Gasteiger partial charge in [-0.1, -0.05) is 99.9 Å². The normalized spacial score (nSPS) is 10.8. The van der Waals surface area contributed by atoms with Crippen molar-refractivity contribution in [2.75, 3.05) is 0 Å². The van der Waals surface area contributed by atoms with Crippen LogP contribution in [-0.2, 0) is 22.5 Å². The molecule has 2 aromatic heterocycles. The second-order valence-electron chi connectivity index (χ2n) is 6.50. The molecule has 2 heterocycles. The monoisotopic (exact) mass is 661 g/mol. The average Bonchev–Trinajstić information content (AvgIpc) is 2.85. The standard InChI is InChI=1S/C11H7Cl3N2O.C11H5Cl3N2O.Mn.2O/c2*12-7-4-2-1-3-6(7)10(17)9-11(14)16-8(13)5-15-9;;;/h1-5,10,17H;1-5H;;;. The van der Waals surface area contributed by atoms with Crippen molar-refractivity contribution >= 4 is 75.4 Å². The van der Waals surface area contributed by atoms with Crippen LogP contribution in [0, 0.1) is 0 Å². The molecule has 1 unspecified atom stereocenters. The van der Waals surface area contributed by atoms with Crippen molar-refractivity contribution in [3.05, 3.63) is 114 Å². The molecule has 4 rings (SSSR count). The number of halogens is 6. The van der Waals surface area contributed by atoms with E-state index in [1.165, 1.54) is 12.4 Å². The molecule has 15 heteroatoms. The Morgan fingerprint density at radius 1 is 0.757 bits per heavy atom. The minimum absolute atomic E-state index is 0.0316. The number of hydrogen-bond donors (Lipinski definition) is 1. The predicted octanol–water partition coefficient (Wildman–Crippen LogP) is 6.95. The first-order valence-electron chi connectivity index (χ1n) is 9.57. The van der Waals surface area contributed by atoms with E-state index in [4.69, 9.17) is 77.3 Å². The number of aliphatic hydroxyl groups is 1. The summed E-state index contributed by atoms with van der Waals surface area (Å²) < 4.78 is 16.8. The van der Waals surface area contributed by atoms with E-state index in [0.29, 0.717) is 21.2 Å². The maximum atomic E-state index is 12.1. The van der Waals surface area contributed by atoms with E-state index >= 15 is 0 Å². The number of aromatic nitrogens is 4. The van der Waals surface area contributed by atoms with Gasteiger partial charge in [-0.15, -0.1) is 0 Å². The van der Waals surface area contributed by atoms with E-state index in [1.54, 1.807) is 48.5 Å². The molecule has 8 nitrogen and oxygen atoms in total. The van der Waals surface area contributed by atoms with Crippen LogP contribution in [0.15, 0.2) is 60.9 Å². The summed E-state index contributed by atoms with van der Waals surface area (Å²) in [6.45, 7) is 0. The molecule has 0 fully saturated rings. The van der Waals surface area contributed by atoms with Gasteiger partial charge in [-0.3, -0.25) is 9.78 Å². The van der Waals surface area contributed by atoms with Crippen molar-refractivity contribution in [2.45, 2.75) is 6.10 Å². The summed E-state index contributed by atoms with van der Waals surface area (Å²) in [5.74, 6) is -0.384. The molecule has 0 aliphatic carbocycles. The van der Waals surface area contributed by atoms with Gasteiger partial charge in [0.05, 0.1) is 17.4 Å². The molecule has 0 aliphatic heterocycles. The predicted molar refractivity (Wildman–Crippen MR) is 136 cm³/mol. The molecule has 0 bridgehead atoms. The Bertz CT molecular complexity index is 1440. The Morgan fingerprint density at radius 3 is 1.81 bits per heavy atom. The fourth-order valence-electron chi connectivity index (χ4n) is 2.66. The third-order valence-corrected chi connectivity index (χ3v) is 5.80. The van der Waals surface area contributed by atoms with Crippen LogP contribution in [0.2, 0.25) is 30.7 Å². The van der Waals surface area contributed by atoms with E-state index in [-0.39, 0.29) is 37.8 Å². The van der Waals surface area contributed by atoms with Gasteiger partial charge in [-0.05, 0) is 18.2 Å². The van der Waals surface area contributed by atoms with Crippen LogP contribution in [0.3, 0.4) is 0 Å². The fourth-order valence-corrected chi connectivity index (χ4v) is 3.94. The minimum atomic E-state index is -1.44. The van der Waals surface area contributed by atoms with Crippen LogP contribution in [-0.4, -0.2) is 30.8 Å². The zero-order valence-electron chi connectivity index (χ0n) is 18.0. The molecule has 0 saturated heterocycles. The number of nitrogens with zero attached hydrogens (tertiary/aromatic N) is 4. The first kappa shape index (κ1) is 31.3. The van der Waals surface area contributed by atoms with Gasteiger partial charge >= 0.3 is 22.5 Å². The molecule has 2 aromatic carbocycles. The number of carbonyl (C=O) groups excluding carboxylic acids is 1. The van der Waals surface area contributed by atoms with Crippen molar-refractivity contribution in [3.8, 4) is 0 Å². The zero-order valence-corrected chi connectivity index (χ0v) is 23.7. The summed E-state index contributed by atoms with van der Waals surface area (Å²) in [6.07, 6.45) is 1.56. The molecule has 1 N–H and O–H groups in total. The van der Waals surface area contributed by atoms with Gasteiger partial charge < -0.3 is 5.11 Å². The summed E-state index contributed by atoms with van der Waals surface area (Å²) >= 11 is 33.4. The molecule has 0 radical (unpaired) electrons. The van der Waals surface area contributed by atoms with Gasteiger partial charge in [0.25, 0.3) is 0 Å². The van der Waals surface area contributed by atoms with Crippen LogP contribution in [0.1, 0.15) is 33.4 Å². The van der Waals surface area contributed by atoms with E-state index < -0.39 is 20.9 Å². The number of aliphatic hydroxyl groups excluding tert-OH is 1. The van der Waals surface area contributed by atoms with Gasteiger partial charge in [0, 0.05) is 16.1 Å². The van der Waals surface area contributed by atoms with E-state index in [0.717, 1.165) is 0 Å². The van der Waals surface area contributed by atoms with Gasteiger partial charge in [0.1, 0.15) is 27.8 Å². The Kier molecular flexibility index (Phi) is 13.1. The third kappa shape index (κ3) is 9.11. The summed E-state index contributed by atoms with van der Waals surface area (Å²) in [6, 6.07) is 13.6. The first-order chi connectivity index (χ1) is 17.6. The average molecular weight is 664 g/mol. The summed E-state index contributed by atoms with van der Waals surface area (Å²) in [7, 11) is 0. The Morgan fingerprint density at radius 2 is 1.27 bits per heavy atom. The Hall–Kier alpha value is -1.91. The van der Waals surface area contributed by atoms with Gasteiger partial charge in [0.2, 0.25) is 5.78 Å². The Labute approximate surface area is 246 Å². The molecular formula is C22H12Cl6MnN4O4. The fraction of sp³-hybridized carbons (Fsp3) is 0.0455. The summed E-state index contributed by atoms with van der Waals surface area (Å²) in [5.41, 5.74) is 1.11. The van der Waals surface area contributed by atoms with Crippen LogP contribution in [0.4, 0.5) is 0 Å². The summed E-state index contributed by atoms with van der Waals surface area (Å²) in [4.78, 5) is 27.5. The topological polar surface area (TPSA) is 123 Å². The molecule has 0 amide bonds. The zero-order chi connectivity index (χ0) is 27.5. The quantitative estimate of drug-likeness (QED) is 0.184. The van der Waals surface area contributed by atoms with Crippen molar-refractivity contribution in [3.63, 3.8) is 0 Å². The first-order valence-corrected chi connectivity index (χ1v) is 12.8. The van der Waals surface area contributed by atoms with Crippen molar-refractivity contribution in [1.29, 1.82) is 0 Å². The van der Waals surface area contributed by atoms with Crippen LogP contribution in [0.5, 0.6) is 0 Å². The number of carbonyl (C=O) groups is 1. The van der Waals surface area contributed by atoms with E-state index in [9.17, 15) is 9.90 Å². The molecule has 4 aromatic rings. The van der Waals surface area contributed by atoms with Gasteiger partial charge in [-0.25, -0.2) is 15.0 Å². The molecule has 1 atom stereocenters. The number of benzene rings is 2. The van der Waals surface area contributed by atoms with Crippen LogP contribution < -0.4 is 0 Å². The molecule has 0 aliphatic rings. The number of hydrogen-bond acceptors (Lipinski definition) is 8. The van der Waals surface area contributed by atoms with E-state index in [2.05, 4.69) is 19.9 Å². The molecule has 0 saturated carbocycles. The molecule has 193 valence electrons. The summed E-state index contributed by atoms with van der Waals surface area (Å²) in [5, 5.41) is 11.2. The van der Waals surface area contributed by atoms with Crippen LogP contribution in [0.25, 0.3) is 0 Å². The molecule has 37 heavy (non-hydrogen) atoms. The Balaban J connectivity index is 0.000000235. The number of rotatable bonds is 4. The number of ketones is 1.